The Balaban J connectivity index is 1.86. The Kier molecular flexibility index (Phi) is 4.58. The number of nitrogens with one attached hydrogen (secondary N) is 1. The third kappa shape index (κ3) is 3.24. The maximum Gasteiger partial charge on any atom is 0.144 e. The number of hydrogen-bond acceptors (Lipinski definition) is 3. The van der Waals surface area contributed by atoms with Crippen LogP contribution in [-0.4, -0.2) is 23.7 Å². The first-order chi connectivity index (χ1) is 13.4. The second kappa shape index (κ2) is 6.93. The van der Waals surface area contributed by atoms with Gasteiger partial charge < -0.3 is 9.72 Å². The minimum atomic E-state index is -0.652. The van der Waals surface area contributed by atoms with Gasteiger partial charge in [0, 0.05) is 35.9 Å². The third-order valence-electron chi connectivity index (χ3n) is 5.76. The van der Waals surface area contributed by atoms with Gasteiger partial charge in [-0.25, -0.2) is 0 Å². The van der Waals surface area contributed by atoms with Crippen LogP contribution in [0.15, 0.2) is 54.7 Å². The molecule has 0 aliphatic heterocycles. The van der Waals surface area contributed by atoms with Gasteiger partial charge in [0.2, 0.25) is 0 Å². The predicted octanol–water partition coefficient (Wildman–Crippen LogP) is 4.88. The van der Waals surface area contributed by atoms with E-state index in [-0.39, 0.29) is 22.9 Å². The van der Waals surface area contributed by atoms with Crippen molar-refractivity contribution >= 4 is 22.5 Å². The first kappa shape index (κ1) is 18.5. The van der Waals surface area contributed by atoms with E-state index in [1.165, 1.54) is 0 Å². The fraction of sp³-hybridized carbons (Fsp3) is 0.333. The van der Waals surface area contributed by atoms with Crippen LogP contribution in [0.25, 0.3) is 10.9 Å². The number of H-pyrrole nitrogens is 1. The van der Waals surface area contributed by atoms with Crippen molar-refractivity contribution in [2.75, 3.05) is 7.11 Å². The van der Waals surface area contributed by atoms with Gasteiger partial charge in [0.05, 0.1) is 13.0 Å². The number of para-hydroxylation sites is 1. The molecule has 1 aliphatic carbocycles. The Morgan fingerprint density at radius 2 is 1.64 bits per heavy atom. The zero-order chi connectivity index (χ0) is 19.9. The average Bonchev–Trinajstić information content (AvgIpc) is 3.08. The number of aromatic amines is 1. The smallest absolute Gasteiger partial charge is 0.144 e. The van der Waals surface area contributed by atoms with Gasteiger partial charge in [-0.2, -0.15) is 0 Å². The van der Waals surface area contributed by atoms with E-state index < -0.39 is 5.92 Å². The minimum absolute atomic E-state index is 0.0346. The van der Waals surface area contributed by atoms with Crippen LogP contribution in [0.1, 0.15) is 43.7 Å². The van der Waals surface area contributed by atoms with E-state index in [1.54, 1.807) is 7.11 Å². The van der Waals surface area contributed by atoms with Crippen LogP contribution >= 0.6 is 0 Å². The fourth-order valence-electron chi connectivity index (χ4n) is 4.49. The molecule has 1 aliphatic rings. The van der Waals surface area contributed by atoms with Crippen molar-refractivity contribution in [2.24, 2.45) is 11.3 Å². The molecule has 4 rings (SSSR count). The van der Waals surface area contributed by atoms with E-state index in [9.17, 15) is 9.59 Å². The third-order valence-corrected chi connectivity index (χ3v) is 5.76. The molecule has 3 aromatic rings. The van der Waals surface area contributed by atoms with Crippen LogP contribution in [0.5, 0.6) is 5.75 Å². The molecule has 1 heterocycles. The van der Waals surface area contributed by atoms with Crippen molar-refractivity contribution in [1.29, 1.82) is 0 Å². The standard InChI is InChI=1S/C24H25NO3/c1-24(2)12-20(26)23(21(27)13-24)22(15-8-10-16(28-3)11-9-15)18-14-25-19-7-5-4-6-17(18)19/h4-11,14,22-23,25H,12-13H2,1-3H3. The molecule has 1 N–H and O–H groups in total. The normalized spacial score (nSPS) is 18.4. The molecule has 0 saturated heterocycles. The van der Waals surface area contributed by atoms with Gasteiger partial charge in [0.15, 0.2) is 0 Å². The number of rotatable bonds is 4. The number of methoxy groups -OCH3 is 1. The fourth-order valence-corrected chi connectivity index (χ4v) is 4.49. The van der Waals surface area contributed by atoms with Gasteiger partial charge in [-0.1, -0.05) is 44.2 Å². The van der Waals surface area contributed by atoms with Crippen LogP contribution in [-0.2, 0) is 9.59 Å². The number of aromatic nitrogens is 1. The molecule has 1 aromatic heterocycles. The Bertz CT molecular complexity index is 1010. The second-order valence-corrected chi connectivity index (χ2v) is 8.47. The summed E-state index contributed by atoms with van der Waals surface area (Å²) in [5, 5.41) is 1.05. The lowest BCUT2D eigenvalue weighted by molar-refractivity contribution is -0.140. The van der Waals surface area contributed by atoms with Crippen molar-refractivity contribution in [2.45, 2.75) is 32.6 Å². The minimum Gasteiger partial charge on any atom is -0.497 e. The van der Waals surface area contributed by atoms with Crippen LogP contribution in [0, 0.1) is 11.3 Å². The van der Waals surface area contributed by atoms with Gasteiger partial charge in [0.1, 0.15) is 17.3 Å². The maximum atomic E-state index is 13.1. The van der Waals surface area contributed by atoms with Crippen LogP contribution in [0.2, 0.25) is 0 Å². The molecule has 0 bridgehead atoms. The van der Waals surface area contributed by atoms with Crippen molar-refractivity contribution in [3.63, 3.8) is 0 Å². The summed E-state index contributed by atoms with van der Waals surface area (Å²) in [5.74, 6) is -0.137. The maximum absolute atomic E-state index is 13.1. The average molecular weight is 375 g/mol. The summed E-state index contributed by atoms with van der Waals surface area (Å²) in [6.45, 7) is 3.99. The summed E-state index contributed by atoms with van der Waals surface area (Å²) < 4.78 is 5.28. The van der Waals surface area contributed by atoms with E-state index in [1.807, 2.05) is 68.6 Å². The van der Waals surface area contributed by atoms with E-state index >= 15 is 0 Å². The lowest BCUT2D eigenvalue weighted by Gasteiger charge is -2.36. The number of ketones is 2. The topological polar surface area (TPSA) is 59.2 Å². The Morgan fingerprint density at radius 3 is 2.29 bits per heavy atom. The first-order valence-electron chi connectivity index (χ1n) is 9.65. The Hall–Kier alpha value is -2.88. The highest BCUT2D eigenvalue weighted by Crippen LogP contribution is 2.44. The molecule has 144 valence electrons. The summed E-state index contributed by atoms with van der Waals surface area (Å²) in [6, 6.07) is 15.7. The summed E-state index contributed by atoms with van der Waals surface area (Å²) in [5.41, 5.74) is 2.69. The molecule has 4 nitrogen and oxygen atoms in total. The van der Waals surface area contributed by atoms with Crippen LogP contribution in [0.4, 0.5) is 0 Å². The molecule has 1 atom stereocenters. The number of carbonyl (C=O) groups is 2. The SMILES string of the molecule is COc1ccc(C(c2c[nH]c3ccccc23)C2C(=O)CC(C)(C)CC2=O)cc1. The molecule has 0 radical (unpaired) electrons. The molecule has 0 amide bonds. The Morgan fingerprint density at radius 1 is 1.00 bits per heavy atom. The van der Waals surface area contributed by atoms with Crippen molar-refractivity contribution < 1.29 is 14.3 Å². The second-order valence-electron chi connectivity index (χ2n) is 8.47. The molecule has 1 saturated carbocycles. The van der Waals surface area contributed by atoms with Crippen molar-refractivity contribution in [3.8, 4) is 5.75 Å². The molecular weight excluding hydrogens is 350 g/mol. The largest absolute Gasteiger partial charge is 0.497 e. The van der Waals surface area contributed by atoms with Crippen LogP contribution in [0.3, 0.4) is 0 Å². The molecule has 4 heteroatoms. The lowest BCUT2D eigenvalue weighted by Crippen LogP contribution is -2.41. The summed E-state index contributed by atoms with van der Waals surface area (Å²) >= 11 is 0. The summed E-state index contributed by atoms with van der Waals surface area (Å²) in [6.07, 6.45) is 2.80. The predicted molar refractivity (Wildman–Crippen MR) is 110 cm³/mol. The highest BCUT2D eigenvalue weighted by Gasteiger charge is 2.44. The van der Waals surface area contributed by atoms with Gasteiger partial charge in [-0.15, -0.1) is 0 Å². The number of Topliss-reactive ketones (excluding diaryl/α,β-unsaturated/α-hetero) is 2. The Labute approximate surface area is 164 Å². The van der Waals surface area contributed by atoms with Gasteiger partial charge in [0.25, 0.3) is 0 Å². The lowest BCUT2D eigenvalue weighted by atomic mass is 9.65. The number of benzene rings is 2. The molecule has 2 aromatic carbocycles. The van der Waals surface area contributed by atoms with Crippen LogP contribution < -0.4 is 4.74 Å². The number of carbonyl (C=O) groups excluding carboxylic acids is 2. The van der Waals surface area contributed by atoms with Crippen molar-refractivity contribution in [3.05, 3.63) is 65.9 Å². The highest BCUT2D eigenvalue weighted by molar-refractivity contribution is 6.07. The number of ether oxygens (including phenoxy) is 1. The highest BCUT2D eigenvalue weighted by atomic mass is 16.5. The summed E-state index contributed by atoms with van der Waals surface area (Å²) in [4.78, 5) is 29.6. The molecule has 0 spiro atoms. The monoisotopic (exact) mass is 375 g/mol. The number of fused-ring (bicyclic) bond motifs is 1. The van der Waals surface area contributed by atoms with Gasteiger partial charge >= 0.3 is 0 Å². The number of hydrogen-bond donors (Lipinski definition) is 1. The quantitative estimate of drug-likeness (QED) is 0.661. The molecular formula is C24H25NO3. The van der Waals surface area contributed by atoms with E-state index in [0.717, 1.165) is 27.8 Å². The van der Waals surface area contributed by atoms with Gasteiger partial charge in [-0.3, -0.25) is 9.59 Å². The molecule has 1 unspecified atom stereocenters. The van der Waals surface area contributed by atoms with E-state index in [4.69, 9.17) is 4.74 Å². The summed E-state index contributed by atoms with van der Waals surface area (Å²) in [7, 11) is 1.63. The van der Waals surface area contributed by atoms with E-state index in [0.29, 0.717) is 12.8 Å². The molecule has 1 fully saturated rings. The van der Waals surface area contributed by atoms with E-state index in [2.05, 4.69) is 4.98 Å². The van der Waals surface area contributed by atoms with Crippen molar-refractivity contribution in [1.82, 2.24) is 4.98 Å². The first-order valence-corrected chi connectivity index (χ1v) is 9.65. The zero-order valence-electron chi connectivity index (χ0n) is 16.5. The zero-order valence-corrected chi connectivity index (χ0v) is 16.5. The molecule has 28 heavy (non-hydrogen) atoms. The van der Waals surface area contributed by atoms with Gasteiger partial charge in [-0.05, 0) is 34.7 Å².